The van der Waals surface area contributed by atoms with Crippen molar-refractivity contribution in [3.63, 3.8) is 0 Å². The van der Waals surface area contributed by atoms with Gasteiger partial charge in [0.15, 0.2) is 0 Å². The Morgan fingerprint density at radius 3 is 2.34 bits per heavy atom. The lowest BCUT2D eigenvalue weighted by atomic mass is 9.97. The van der Waals surface area contributed by atoms with E-state index in [9.17, 15) is 22.8 Å². The highest BCUT2D eigenvalue weighted by molar-refractivity contribution is 5.97. The first-order valence-corrected chi connectivity index (χ1v) is 12.4. The lowest BCUT2D eigenvalue weighted by molar-refractivity contribution is -0.155. The maximum Gasteiger partial charge on any atom is 0.417 e. The van der Waals surface area contributed by atoms with Crippen molar-refractivity contribution < 1.29 is 32.2 Å². The first-order chi connectivity index (χ1) is 17.9. The van der Waals surface area contributed by atoms with E-state index in [1.165, 1.54) is 6.07 Å². The zero-order valence-electron chi connectivity index (χ0n) is 21.6. The number of alkyl halides is 3. The topological polar surface area (TPSA) is 55.8 Å². The van der Waals surface area contributed by atoms with E-state index >= 15 is 0 Å². The van der Waals surface area contributed by atoms with Gasteiger partial charge in [-0.3, -0.25) is 9.59 Å². The SMILES string of the molecule is CC(C)(C)OC(=O)CCC(=O)N1CCc2cc(OCc3ccc(-c4ccccc4)c(C(F)(F)F)c3)ccc21. The number of fused-ring (bicyclic) bond motifs is 1. The molecule has 0 spiro atoms. The Hall–Kier alpha value is -3.81. The molecule has 1 aliphatic rings. The number of rotatable bonds is 7. The highest BCUT2D eigenvalue weighted by Gasteiger charge is 2.34. The van der Waals surface area contributed by atoms with Crippen molar-refractivity contribution in [2.75, 3.05) is 11.4 Å². The second-order valence-electron chi connectivity index (χ2n) is 10.2. The summed E-state index contributed by atoms with van der Waals surface area (Å²) in [7, 11) is 0. The van der Waals surface area contributed by atoms with E-state index < -0.39 is 23.3 Å². The fraction of sp³-hybridized carbons (Fsp3) is 0.333. The molecule has 5 nitrogen and oxygen atoms in total. The standard InChI is InChI=1S/C30H30F3NO4/c1-29(2,3)38-28(36)14-13-27(35)34-16-15-22-18-23(10-12-26(22)34)37-19-20-9-11-24(21-7-5-4-6-8-21)25(17-20)30(31,32)33/h4-12,17-18H,13-16,19H2,1-3H3. The van der Waals surface area contributed by atoms with Crippen LogP contribution in [0.1, 0.15) is 50.3 Å². The molecule has 3 aromatic rings. The van der Waals surface area contributed by atoms with Gasteiger partial charge in [0.05, 0.1) is 12.0 Å². The summed E-state index contributed by atoms with van der Waals surface area (Å²) in [5, 5.41) is 0. The van der Waals surface area contributed by atoms with E-state index in [-0.39, 0.29) is 30.9 Å². The third-order valence-electron chi connectivity index (χ3n) is 6.09. The van der Waals surface area contributed by atoms with Crippen molar-refractivity contribution in [3.05, 3.63) is 83.4 Å². The van der Waals surface area contributed by atoms with E-state index in [0.717, 1.165) is 17.3 Å². The molecule has 0 bridgehead atoms. The van der Waals surface area contributed by atoms with Crippen LogP contribution >= 0.6 is 0 Å². The van der Waals surface area contributed by atoms with Gasteiger partial charge < -0.3 is 14.4 Å². The number of halogens is 3. The maximum absolute atomic E-state index is 13.8. The van der Waals surface area contributed by atoms with Gasteiger partial charge in [-0.1, -0.05) is 42.5 Å². The van der Waals surface area contributed by atoms with Crippen molar-refractivity contribution in [1.29, 1.82) is 0 Å². The molecule has 0 saturated heterocycles. The summed E-state index contributed by atoms with van der Waals surface area (Å²) in [4.78, 5) is 26.3. The highest BCUT2D eigenvalue weighted by Crippen LogP contribution is 2.38. The fourth-order valence-corrected chi connectivity index (χ4v) is 4.42. The number of esters is 1. The van der Waals surface area contributed by atoms with Gasteiger partial charge in [0.25, 0.3) is 0 Å². The Balaban J connectivity index is 1.41. The van der Waals surface area contributed by atoms with Crippen LogP contribution in [0.5, 0.6) is 5.75 Å². The first-order valence-electron chi connectivity index (χ1n) is 12.4. The molecule has 0 aromatic heterocycles. The van der Waals surface area contributed by atoms with Crippen molar-refractivity contribution in [1.82, 2.24) is 0 Å². The quantitative estimate of drug-likeness (QED) is 0.313. The number of ether oxygens (including phenoxy) is 2. The Kier molecular flexibility index (Phi) is 7.81. The van der Waals surface area contributed by atoms with Gasteiger partial charge in [0.1, 0.15) is 18.0 Å². The molecule has 200 valence electrons. The molecule has 4 rings (SSSR count). The highest BCUT2D eigenvalue weighted by atomic mass is 19.4. The third-order valence-corrected chi connectivity index (χ3v) is 6.09. The molecular formula is C30H30F3NO4. The summed E-state index contributed by atoms with van der Waals surface area (Å²) in [5.74, 6) is -0.0755. The minimum atomic E-state index is -4.51. The Labute approximate surface area is 220 Å². The molecule has 38 heavy (non-hydrogen) atoms. The summed E-state index contributed by atoms with van der Waals surface area (Å²) in [6.45, 7) is 5.78. The molecule has 0 saturated carbocycles. The molecule has 3 aromatic carbocycles. The van der Waals surface area contributed by atoms with Crippen molar-refractivity contribution >= 4 is 17.6 Å². The Morgan fingerprint density at radius 1 is 0.921 bits per heavy atom. The largest absolute Gasteiger partial charge is 0.489 e. The molecule has 0 N–H and O–H groups in total. The summed E-state index contributed by atoms with van der Waals surface area (Å²) >= 11 is 0. The van der Waals surface area contributed by atoms with Gasteiger partial charge in [-0.2, -0.15) is 13.2 Å². The molecular weight excluding hydrogens is 495 g/mol. The molecule has 1 heterocycles. The van der Waals surface area contributed by atoms with Gasteiger partial charge >= 0.3 is 12.1 Å². The van der Waals surface area contributed by atoms with Crippen molar-refractivity contribution in [3.8, 4) is 16.9 Å². The van der Waals surface area contributed by atoms with Crippen LogP contribution in [0.2, 0.25) is 0 Å². The number of hydrogen-bond donors (Lipinski definition) is 0. The van der Waals surface area contributed by atoms with Gasteiger partial charge in [-0.25, -0.2) is 0 Å². The molecule has 0 radical (unpaired) electrons. The van der Waals surface area contributed by atoms with Gasteiger partial charge in [-0.05, 0) is 73.7 Å². The van der Waals surface area contributed by atoms with Crippen LogP contribution in [0.25, 0.3) is 11.1 Å². The van der Waals surface area contributed by atoms with Crippen LogP contribution in [-0.4, -0.2) is 24.0 Å². The van der Waals surface area contributed by atoms with E-state index in [0.29, 0.717) is 29.8 Å². The van der Waals surface area contributed by atoms with Crippen LogP contribution in [0.4, 0.5) is 18.9 Å². The second-order valence-corrected chi connectivity index (χ2v) is 10.2. The van der Waals surface area contributed by atoms with Gasteiger partial charge in [0.2, 0.25) is 5.91 Å². The monoisotopic (exact) mass is 525 g/mol. The third kappa shape index (κ3) is 6.73. The van der Waals surface area contributed by atoms with E-state index in [2.05, 4.69) is 0 Å². The number of anilines is 1. The van der Waals surface area contributed by atoms with Crippen LogP contribution in [0, 0.1) is 0 Å². The van der Waals surface area contributed by atoms with Gasteiger partial charge in [-0.15, -0.1) is 0 Å². The Morgan fingerprint density at radius 2 is 1.66 bits per heavy atom. The fourth-order valence-electron chi connectivity index (χ4n) is 4.42. The predicted octanol–water partition coefficient (Wildman–Crippen LogP) is 6.96. The zero-order chi connectivity index (χ0) is 27.5. The predicted molar refractivity (Wildman–Crippen MR) is 139 cm³/mol. The Bertz CT molecular complexity index is 1310. The number of amides is 1. The molecule has 8 heteroatoms. The molecule has 1 aliphatic heterocycles. The van der Waals surface area contributed by atoms with Crippen LogP contribution < -0.4 is 9.64 Å². The van der Waals surface area contributed by atoms with Gasteiger partial charge in [0, 0.05) is 18.7 Å². The molecule has 0 unspecified atom stereocenters. The number of nitrogens with zero attached hydrogens (tertiary/aromatic N) is 1. The number of carbonyl (C=O) groups is 2. The summed E-state index contributed by atoms with van der Waals surface area (Å²) in [6, 6.07) is 18.0. The normalized spacial score (nSPS) is 13.3. The van der Waals surface area contributed by atoms with E-state index in [1.54, 1.807) is 80.3 Å². The average Bonchev–Trinajstić information content (AvgIpc) is 3.28. The van der Waals surface area contributed by atoms with Crippen molar-refractivity contribution in [2.45, 2.75) is 58.4 Å². The minimum absolute atomic E-state index is 0.00606. The molecule has 0 aliphatic carbocycles. The van der Waals surface area contributed by atoms with E-state index in [1.807, 2.05) is 0 Å². The molecule has 1 amide bonds. The number of benzene rings is 3. The maximum atomic E-state index is 13.8. The zero-order valence-corrected chi connectivity index (χ0v) is 21.6. The molecule has 0 atom stereocenters. The number of hydrogen-bond acceptors (Lipinski definition) is 4. The lowest BCUT2D eigenvalue weighted by Crippen LogP contribution is -2.30. The second kappa shape index (κ2) is 10.9. The van der Waals surface area contributed by atoms with Crippen molar-refractivity contribution in [2.24, 2.45) is 0 Å². The summed E-state index contributed by atoms with van der Waals surface area (Å²) < 4.78 is 52.5. The smallest absolute Gasteiger partial charge is 0.417 e. The van der Waals surface area contributed by atoms with Crippen LogP contribution in [-0.2, 0) is 33.5 Å². The van der Waals surface area contributed by atoms with E-state index in [4.69, 9.17) is 9.47 Å². The van der Waals surface area contributed by atoms with Crippen LogP contribution in [0.3, 0.4) is 0 Å². The summed E-state index contributed by atoms with van der Waals surface area (Å²) in [6.07, 6.45) is -3.83. The summed E-state index contributed by atoms with van der Waals surface area (Å²) in [5.41, 5.74) is 1.36. The lowest BCUT2D eigenvalue weighted by Gasteiger charge is -2.20. The van der Waals surface area contributed by atoms with Crippen LogP contribution in [0.15, 0.2) is 66.7 Å². The first kappa shape index (κ1) is 27.2. The minimum Gasteiger partial charge on any atom is -0.489 e. The molecule has 0 fully saturated rings. The average molecular weight is 526 g/mol. The number of carbonyl (C=O) groups excluding carboxylic acids is 2.